The van der Waals surface area contributed by atoms with Crippen LogP contribution in [0.15, 0.2) is 30.3 Å². The molecule has 1 fully saturated rings. The minimum atomic E-state index is -0.893. The van der Waals surface area contributed by atoms with E-state index in [4.69, 9.17) is 0 Å². The lowest BCUT2D eigenvalue weighted by Crippen LogP contribution is -2.23. The van der Waals surface area contributed by atoms with Crippen molar-refractivity contribution in [3.63, 3.8) is 0 Å². The van der Waals surface area contributed by atoms with Crippen LogP contribution in [0, 0.1) is 5.92 Å². The second-order valence-corrected chi connectivity index (χ2v) is 5.59. The van der Waals surface area contributed by atoms with Crippen molar-refractivity contribution in [1.29, 1.82) is 0 Å². The SMILES string of the molecule is CC(O)(CCC(=O)C1CCCC1)c1ccccc1. The van der Waals surface area contributed by atoms with Crippen LogP contribution in [-0.2, 0) is 10.4 Å². The molecule has 0 spiro atoms. The lowest BCUT2D eigenvalue weighted by molar-refractivity contribution is -0.124. The van der Waals surface area contributed by atoms with E-state index in [1.54, 1.807) is 6.92 Å². The maximum absolute atomic E-state index is 12.0. The summed E-state index contributed by atoms with van der Waals surface area (Å²) in [5.41, 5.74) is -0.000531. The molecule has 1 aliphatic carbocycles. The van der Waals surface area contributed by atoms with Crippen LogP contribution in [-0.4, -0.2) is 10.9 Å². The largest absolute Gasteiger partial charge is 0.385 e. The van der Waals surface area contributed by atoms with Crippen molar-refractivity contribution < 1.29 is 9.90 Å². The van der Waals surface area contributed by atoms with E-state index in [9.17, 15) is 9.90 Å². The molecule has 18 heavy (non-hydrogen) atoms. The van der Waals surface area contributed by atoms with Crippen LogP contribution in [0.25, 0.3) is 0 Å². The molecule has 0 radical (unpaired) electrons. The Bertz CT molecular complexity index is 389. The molecule has 2 rings (SSSR count). The fraction of sp³-hybridized carbons (Fsp3) is 0.562. The van der Waals surface area contributed by atoms with Crippen molar-refractivity contribution in [2.75, 3.05) is 0 Å². The average molecular weight is 246 g/mol. The Morgan fingerprint density at radius 3 is 2.50 bits per heavy atom. The van der Waals surface area contributed by atoms with Gasteiger partial charge in [-0.3, -0.25) is 4.79 Å². The summed E-state index contributed by atoms with van der Waals surface area (Å²) < 4.78 is 0. The maximum Gasteiger partial charge on any atom is 0.136 e. The molecule has 1 aliphatic rings. The number of carbonyl (C=O) groups excluding carboxylic acids is 1. The molecule has 0 aromatic heterocycles. The van der Waals surface area contributed by atoms with Gasteiger partial charge in [-0.1, -0.05) is 43.2 Å². The second-order valence-electron chi connectivity index (χ2n) is 5.59. The lowest BCUT2D eigenvalue weighted by atomic mass is 9.88. The summed E-state index contributed by atoms with van der Waals surface area (Å²) in [4.78, 5) is 12.0. The Morgan fingerprint density at radius 1 is 1.28 bits per heavy atom. The second kappa shape index (κ2) is 5.66. The van der Waals surface area contributed by atoms with Crippen LogP contribution in [0.3, 0.4) is 0 Å². The van der Waals surface area contributed by atoms with E-state index in [2.05, 4.69) is 0 Å². The Balaban J connectivity index is 1.90. The fourth-order valence-corrected chi connectivity index (χ4v) is 2.76. The van der Waals surface area contributed by atoms with Crippen molar-refractivity contribution >= 4 is 5.78 Å². The Morgan fingerprint density at radius 2 is 1.89 bits per heavy atom. The van der Waals surface area contributed by atoms with Gasteiger partial charge in [0.2, 0.25) is 0 Å². The van der Waals surface area contributed by atoms with Gasteiger partial charge >= 0.3 is 0 Å². The van der Waals surface area contributed by atoms with E-state index < -0.39 is 5.60 Å². The molecule has 1 atom stereocenters. The molecule has 0 aliphatic heterocycles. The predicted molar refractivity (Wildman–Crippen MR) is 72.2 cm³/mol. The monoisotopic (exact) mass is 246 g/mol. The quantitative estimate of drug-likeness (QED) is 0.864. The molecular formula is C16H22O2. The Hall–Kier alpha value is -1.15. The topological polar surface area (TPSA) is 37.3 Å². The number of hydrogen-bond donors (Lipinski definition) is 1. The summed E-state index contributed by atoms with van der Waals surface area (Å²) in [6.45, 7) is 1.80. The first-order valence-electron chi connectivity index (χ1n) is 6.90. The van der Waals surface area contributed by atoms with E-state index in [-0.39, 0.29) is 5.92 Å². The molecule has 0 amide bonds. The van der Waals surface area contributed by atoms with Crippen molar-refractivity contribution in [3.05, 3.63) is 35.9 Å². The van der Waals surface area contributed by atoms with E-state index in [1.165, 1.54) is 12.8 Å². The van der Waals surface area contributed by atoms with Crippen molar-refractivity contribution in [1.82, 2.24) is 0 Å². The summed E-state index contributed by atoms with van der Waals surface area (Å²) in [5.74, 6) is 0.597. The van der Waals surface area contributed by atoms with Crippen LogP contribution in [0.2, 0.25) is 0 Å². The number of aliphatic hydroxyl groups is 1. The normalized spacial score (nSPS) is 19.7. The van der Waals surface area contributed by atoms with Gasteiger partial charge < -0.3 is 5.11 Å². The summed E-state index contributed by atoms with van der Waals surface area (Å²) in [5, 5.41) is 10.4. The highest BCUT2D eigenvalue weighted by molar-refractivity contribution is 5.81. The van der Waals surface area contributed by atoms with Gasteiger partial charge in [0.15, 0.2) is 0 Å². The van der Waals surface area contributed by atoms with Gasteiger partial charge in [-0.15, -0.1) is 0 Å². The van der Waals surface area contributed by atoms with Crippen LogP contribution < -0.4 is 0 Å². The number of hydrogen-bond acceptors (Lipinski definition) is 2. The zero-order chi connectivity index (χ0) is 13.0. The first kappa shape index (κ1) is 13.3. The molecule has 0 bridgehead atoms. The highest BCUT2D eigenvalue weighted by atomic mass is 16.3. The third-order valence-electron chi connectivity index (χ3n) is 4.06. The van der Waals surface area contributed by atoms with Gasteiger partial charge in [0, 0.05) is 12.3 Å². The smallest absolute Gasteiger partial charge is 0.136 e. The fourth-order valence-electron chi connectivity index (χ4n) is 2.76. The highest BCUT2D eigenvalue weighted by Crippen LogP contribution is 2.30. The average Bonchev–Trinajstić information content (AvgIpc) is 2.91. The molecule has 1 aromatic rings. The number of carbonyl (C=O) groups is 1. The van der Waals surface area contributed by atoms with Crippen molar-refractivity contribution in [3.8, 4) is 0 Å². The zero-order valence-electron chi connectivity index (χ0n) is 11.1. The molecule has 1 saturated carbocycles. The first-order valence-corrected chi connectivity index (χ1v) is 6.90. The molecule has 2 nitrogen and oxygen atoms in total. The molecule has 2 heteroatoms. The van der Waals surface area contributed by atoms with Gasteiger partial charge in [-0.25, -0.2) is 0 Å². The number of ketones is 1. The number of rotatable bonds is 5. The maximum atomic E-state index is 12.0. The first-order chi connectivity index (χ1) is 8.59. The van der Waals surface area contributed by atoms with E-state index in [1.807, 2.05) is 30.3 Å². The summed E-state index contributed by atoms with van der Waals surface area (Å²) in [6, 6.07) is 9.61. The molecule has 1 N–H and O–H groups in total. The van der Waals surface area contributed by atoms with Crippen LogP contribution >= 0.6 is 0 Å². The van der Waals surface area contributed by atoms with E-state index >= 15 is 0 Å². The highest BCUT2D eigenvalue weighted by Gasteiger charge is 2.27. The van der Waals surface area contributed by atoms with Crippen molar-refractivity contribution in [2.45, 2.75) is 51.0 Å². The van der Waals surface area contributed by atoms with Gasteiger partial charge in [0.25, 0.3) is 0 Å². The summed E-state index contributed by atoms with van der Waals surface area (Å²) >= 11 is 0. The lowest BCUT2D eigenvalue weighted by Gasteiger charge is -2.24. The molecule has 1 unspecified atom stereocenters. The molecule has 0 heterocycles. The van der Waals surface area contributed by atoms with Crippen LogP contribution in [0.1, 0.15) is 51.0 Å². The molecular weight excluding hydrogens is 224 g/mol. The Labute approximate surface area is 109 Å². The predicted octanol–water partition coefficient (Wildman–Crippen LogP) is 3.43. The minimum absolute atomic E-state index is 0.261. The zero-order valence-corrected chi connectivity index (χ0v) is 11.1. The van der Waals surface area contributed by atoms with E-state index in [0.717, 1.165) is 18.4 Å². The molecule has 1 aromatic carbocycles. The van der Waals surface area contributed by atoms with Gasteiger partial charge in [0.05, 0.1) is 5.60 Å². The number of benzene rings is 1. The van der Waals surface area contributed by atoms with Gasteiger partial charge in [0.1, 0.15) is 5.78 Å². The van der Waals surface area contributed by atoms with Gasteiger partial charge in [-0.2, -0.15) is 0 Å². The summed E-state index contributed by atoms with van der Waals surface area (Å²) in [7, 11) is 0. The minimum Gasteiger partial charge on any atom is -0.385 e. The van der Waals surface area contributed by atoms with Gasteiger partial charge in [-0.05, 0) is 31.7 Å². The van der Waals surface area contributed by atoms with Crippen molar-refractivity contribution in [2.24, 2.45) is 5.92 Å². The third-order valence-corrected chi connectivity index (χ3v) is 4.06. The van der Waals surface area contributed by atoms with E-state index in [0.29, 0.717) is 18.6 Å². The van der Waals surface area contributed by atoms with Crippen LogP contribution in [0.5, 0.6) is 0 Å². The van der Waals surface area contributed by atoms with Crippen LogP contribution in [0.4, 0.5) is 0 Å². The molecule has 0 saturated heterocycles. The molecule has 98 valence electrons. The third kappa shape index (κ3) is 3.20. The standard InChI is InChI=1S/C16H22O2/c1-16(18,14-9-3-2-4-10-14)12-11-15(17)13-7-5-6-8-13/h2-4,9-10,13,18H,5-8,11-12H2,1H3. The summed E-state index contributed by atoms with van der Waals surface area (Å²) in [6.07, 6.45) is 5.48. The Kier molecular flexibility index (Phi) is 4.18. The number of Topliss-reactive ketones (excluding diaryl/α,β-unsaturated/α-hetero) is 1.